The molecule has 44 heavy (non-hydrogen) atoms. The zero-order valence-electron chi connectivity index (χ0n) is 27.3. The van der Waals surface area contributed by atoms with E-state index in [-0.39, 0.29) is 30.2 Å². The number of aryl methyl sites for hydroxylation is 2. The Morgan fingerprint density at radius 2 is 1.20 bits per heavy atom. The maximum absolute atomic E-state index is 2.34. The van der Waals surface area contributed by atoms with E-state index in [2.05, 4.69) is 164 Å². The zero-order chi connectivity index (χ0) is 30.4. The first-order valence-corrected chi connectivity index (χ1v) is 21.3. The molecule has 6 aromatic rings. The van der Waals surface area contributed by atoms with Crippen LogP contribution in [-0.2, 0) is 23.3 Å². The molecule has 0 heterocycles. The van der Waals surface area contributed by atoms with Crippen LogP contribution in [0.25, 0.3) is 43.8 Å². The zero-order valence-corrected chi connectivity index (χ0v) is 32.3. The summed E-state index contributed by atoms with van der Waals surface area (Å²) in [5.74, 6) is 1.17. The second-order valence-electron chi connectivity index (χ2n) is 12.2. The van der Waals surface area contributed by atoms with E-state index in [0.29, 0.717) is 11.8 Å². The van der Waals surface area contributed by atoms with Crippen LogP contribution in [0.4, 0.5) is 0 Å². The predicted octanol–water partition coefficient (Wildman–Crippen LogP) is 6.11. The van der Waals surface area contributed by atoms with Crippen molar-refractivity contribution in [2.75, 3.05) is 0 Å². The maximum atomic E-state index is 2.34. The Morgan fingerprint density at radius 1 is 0.614 bits per heavy atom. The van der Waals surface area contributed by atoms with Gasteiger partial charge >= 0.3 is 41.9 Å². The van der Waals surface area contributed by atoms with Crippen molar-refractivity contribution in [3.8, 4) is 22.3 Å². The van der Waals surface area contributed by atoms with Gasteiger partial charge in [0.2, 0.25) is 0 Å². The second-order valence-corrected chi connectivity index (χ2v) is 21.6. The van der Waals surface area contributed by atoms with Crippen molar-refractivity contribution in [2.45, 2.75) is 66.5 Å². The number of hydrogen-bond donors (Lipinski definition) is 0. The van der Waals surface area contributed by atoms with Crippen LogP contribution >= 0.6 is 0 Å². The van der Waals surface area contributed by atoms with Gasteiger partial charge in [-0.3, -0.25) is 0 Å². The van der Waals surface area contributed by atoms with Crippen LogP contribution < -0.4 is 24.8 Å². The van der Waals surface area contributed by atoms with Crippen molar-refractivity contribution in [3.63, 3.8) is 0 Å². The summed E-state index contributed by atoms with van der Waals surface area (Å²) in [5.41, 5.74) is 11.0. The molecule has 0 bridgehead atoms. The fourth-order valence-electron chi connectivity index (χ4n) is 5.35. The van der Waals surface area contributed by atoms with Gasteiger partial charge < -0.3 is 24.8 Å². The summed E-state index contributed by atoms with van der Waals surface area (Å²) in [4.78, 5) is 0. The van der Waals surface area contributed by atoms with Crippen LogP contribution in [0, 0.1) is 13.8 Å². The van der Waals surface area contributed by atoms with E-state index in [1.54, 1.807) is 23.3 Å². The number of halogens is 2. The molecule has 0 aliphatic rings. The van der Waals surface area contributed by atoms with Crippen LogP contribution in [0.2, 0.25) is 13.1 Å². The third kappa shape index (κ3) is 9.64. The fraction of sp³-hybridized carbons (Fsp3) is 0.250. The Balaban J connectivity index is 0.000000264. The minimum atomic E-state index is 0. The Kier molecular flexibility index (Phi) is 15.1. The molecular formula is C40H44Cl2SiZr-2. The van der Waals surface area contributed by atoms with Gasteiger partial charge in [-0.1, -0.05) is 119 Å². The molecule has 0 radical (unpaired) electrons. The minimum absolute atomic E-state index is 0. The van der Waals surface area contributed by atoms with Gasteiger partial charge in [0.15, 0.2) is 0 Å². The molecular weight excluding hydrogens is 671 g/mol. The van der Waals surface area contributed by atoms with E-state index in [0.717, 1.165) is 0 Å². The minimum Gasteiger partial charge on any atom is -1.00 e. The predicted molar refractivity (Wildman–Crippen MR) is 185 cm³/mol. The molecule has 0 N–H and O–H groups in total. The smallest absolute Gasteiger partial charge is 0.0219 e. The van der Waals surface area contributed by atoms with E-state index >= 15 is 0 Å². The average molecular weight is 715 g/mol. The van der Waals surface area contributed by atoms with Gasteiger partial charge in [-0.25, -0.2) is 0 Å². The molecule has 0 amide bonds. The Hall–Kier alpha value is -2.22. The summed E-state index contributed by atoms with van der Waals surface area (Å²) in [5, 5.41) is 5.47. The number of hydrogen-bond acceptors (Lipinski definition) is 0. The molecule has 6 aromatic carbocycles. The first-order chi connectivity index (χ1) is 20.0. The Morgan fingerprint density at radius 3 is 1.80 bits per heavy atom. The standard InChI is InChI=1S/C20H21.C18H17.C2H6Si.2ClH.Zr/c1-13(2)16-6-8-17(9-7-16)18-10-5-15(4)19-11-14(3)12-20(18)19;1-13(2)16-11-15-9-6-10-17(18(15)12-16)14-7-4-3-5-8-14;1-3-2;;;/h5-13H,1-4H3;3-13H,1-2H3;1-2H3;2*1H;/q2*-1;;;;+2/p-2. The molecule has 0 aliphatic heterocycles. The number of rotatable bonds is 4. The molecule has 228 valence electrons. The quantitative estimate of drug-likeness (QED) is 0.153. The van der Waals surface area contributed by atoms with E-state index in [1.807, 2.05) is 0 Å². The van der Waals surface area contributed by atoms with Gasteiger partial charge in [-0.05, 0) is 28.5 Å². The van der Waals surface area contributed by atoms with Gasteiger partial charge in [0.25, 0.3) is 0 Å². The van der Waals surface area contributed by atoms with E-state index in [4.69, 9.17) is 0 Å². The van der Waals surface area contributed by atoms with Gasteiger partial charge in [-0.15, -0.1) is 68.6 Å². The molecule has 0 aromatic heterocycles. The van der Waals surface area contributed by atoms with Crippen LogP contribution in [0.1, 0.15) is 61.8 Å². The largest absolute Gasteiger partial charge is 1.00 e. The monoisotopic (exact) mass is 712 g/mol. The second kappa shape index (κ2) is 17.5. The van der Waals surface area contributed by atoms with Crippen molar-refractivity contribution in [2.24, 2.45) is 0 Å². The van der Waals surface area contributed by atoms with Gasteiger partial charge in [0.05, 0.1) is 0 Å². The molecule has 0 saturated carbocycles. The summed E-state index contributed by atoms with van der Waals surface area (Å²) in [6.07, 6.45) is 0. The van der Waals surface area contributed by atoms with Crippen molar-refractivity contribution >= 4 is 27.0 Å². The summed E-state index contributed by atoms with van der Waals surface area (Å²) >= 11 is 1.74. The molecule has 0 atom stereocenters. The first-order valence-electron chi connectivity index (χ1n) is 15.1. The topological polar surface area (TPSA) is 0 Å². The SMILES string of the molecule is CC(C)c1cc2c(-c3ccccc3)cccc2[cH-]1.C[Si](C)=[Zr+2].Cc1cc2c(-c3ccc(C(C)C)cc3)ccc(C)c2[cH-]1.[Cl-].[Cl-]. The molecule has 6 rings (SSSR count). The molecule has 0 spiro atoms. The molecule has 4 heteroatoms. The van der Waals surface area contributed by atoms with Crippen LogP contribution in [0.3, 0.4) is 0 Å². The molecule has 0 aliphatic carbocycles. The summed E-state index contributed by atoms with van der Waals surface area (Å²) < 4.78 is 0. The van der Waals surface area contributed by atoms with Crippen LogP contribution in [0.5, 0.6) is 0 Å². The van der Waals surface area contributed by atoms with Crippen LogP contribution in [0.15, 0.2) is 109 Å². The normalized spacial score (nSPS) is 10.5. The Bertz CT molecular complexity index is 1770. The first kappa shape index (κ1) is 38.0. The molecule has 0 saturated heterocycles. The van der Waals surface area contributed by atoms with Crippen molar-refractivity contribution in [1.29, 1.82) is 0 Å². The maximum Gasteiger partial charge on any atom is -0.0219 e. The van der Waals surface area contributed by atoms with E-state index in [1.165, 1.54) is 66.1 Å². The van der Waals surface area contributed by atoms with Crippen molar-refractivity contribution in [1.82, 2.24) is 0 Å². The third-order valence-corrected chi connectivity index (χ3v) is 7.66. The Labute approximate surface area is 293 Å². The average Bonchev–Trinajstić information content (AvgIpc) is 3.58. The summed E-state index contributed by atoms with van der Waals surface area (Å²) in [7, 11) is 0. The van der Waals surface area contributed by atoms with Crippen molar-refractivity contribution in [3.05, 3.63) is 131 Å². The third-order valence-electron chi connectivity index (χ3n) is 7.66. The van der Waals surface area contributed by atoms with E-state index < -0.39 is 0 Å². The van der Waals surface area contributed by atoms with E-state index in [9.17, 15) is 0 Å². The van der Waals surface area contributed by atoms with Gasteiger partial charge in [0.1, 0.15) is 0 Å². The number of benzene rings is 4. The van der Waals surface area contributed by atoms with Crippen LogP contribution in [-0.4, -0.2) is 5.43 Å². The molecule has 0 fully saturated rings. The van der Waals surface area contributed by atoms with Crippen molar-refractivity contribution < 1.29 is 48.1 Å². The van der Waals surface area contributed by atoms with Gasteiger partial charge in [0, 0.05) is 0 Å². The summed E-state index contributed by atoms with van der Waals surface area (Å²) in [6, 6.07) is 39.9. The molecule has 0 unspecified atom stereocenters. The number of fused-ring (bicyclic) bond motifs is 2. The fourth-order valence-corrected chi connectivity index (χ4v) is 5.35. The molecule has 0 nitrogen and oxygen atoms in total. The summed E-state index contributed by atoms with van der Waals surface area (Å²) in [6.45, 7) is 17.9. The van der Waals surface area contributed by atoms with Gasteiger partial charge in [-0.2, -0.15) is 12.1 Å².